The van der Waals surface area contributed by atoms with Gasteiger partial charge in [-0.05, 0) is 62.1 Å². The number of morpholine rings is 1. The number of hydrogen-bond donors (Lipinski definition) is 0. The van der Waals surface area contributed by atoms with Crippen LogP contribution in [-0.4, -0.2) is 78.1 Å². The van der Waals surface area contributed by atoms with E-state index >= 15 is 0 Å². The van der Waals surface area contributed by atoms with Crippen molar-refractivity contribution in [3.05, 3.63) is 47.3 Å². The van der Waals surface area contributed by atoms with Gasteiger partial charge in [-0.15, -0.1) is 0 Å². The van der Waals surface area contributed by atoms with Crippen molar-refractivity contribution in [3.8, 4) is 0 Å². The van der Waals surface area contributed by atoms with Crippen LogP contribution in [0.5, 0.6) is 0 Å². The largest absolute Gasteiger partial charge is 0.378 e. The van der Waals surface area contributed by atoms with Crippen LogP contribution in [0, 0.1) is 19.3 Å². The first kappa shape index (κ1) is 20.5. The van der Waals surface area contributed by atoms with E-state index in [-0.39, 0.29) is 11.4 Å². The van der Waals surface area contributed by atoms with E-state index in [1.54, 1.807) is 6.20 Å². The summed E-state index contributed by atoms with van der Waals surface area (Å²) in [7, 11) is 0. The minimum Gasteiger partial charge on any atom is -0.378 e. The van der Waals surface area contributed by atoms with E-state index in [4.69, 9.17) is 4.74 Å². The summed E-state index contributed by atoms with van der Waals surface area (Å²) in [6.45, 7) is 12.6. The third kappa shape index (κ3) is 4.21. The summed E-state index contributed by atoms with van der Waals surface area (Å²) in [6, 6.07) is 6.91. The Kier molecular flexibility index (Phi) is 5.48. The van der Waals surface area contributed by atoms with Crippen LogP contribution in [0.3, 0.4) is 0 Å². The summed E-state index contributed by atoms with van der Waals surface area (Å²) in [5.74, 6) is 0. The number of aryl methyl sites for hydroxylation is 2. The lowest BCUT2D eigenvalue weighted by atomic mass is 9.86. The van der Waals surface area contributed by atoms with Gasteiger partial charge in [0.1, 0.15) is 0 Å². The lowest BCUT2D eigenvalue weighted by molar-refractivity contribution is 0.122. The molecule has 2 aromatic rings. The van der Waals surface area contributed by atoms with E-state index in [2.05, 4.69) is 40.0 Å². The maximum absolute atomic E-state index is 12.8. The zero-order valence-electron chi connectivity index (χ0n) is 18.7. The molecule has 0 radical (unpaired) electrons. The predicted octanol–water partition coefficient (Wildman–Crippen LogP) is 2.90. The standard InChI is InChI=1S/C24H33N5O2/c1-19-14-25-29(15-19)23(30)28-8-6-24(18-28)5-7-26(17-24)16-21-3-4-22(13-20(21)2)27-9-11-31-12-10-27/h3-4,13-15H,5-12,16-18H2,1-2H3. The third-order valence-corrected chi connectivity index (χ3v) is 7.23. The van der Waals surface area contributed by atoms with E-state index < -0.39 is 0 Å². The first-order valence-electron chi connectivity index (χ1n) is 11.5. The molecule has 3 aliphatic heterocycles. The van der Waals surface area contributed by atoms with Gasteiger partial charge in [0.25, 0.3) is 0 Å². The van der Waals surface area contributed by atoms with Gasteiger partial charge in [0.15, 0.2) is 0 Å². The van der Waals surface area contributed by atoms with Gasteiger partial charge in [0.2, 0.25) is 0 Å². The molecule has 166 valence electrons. The van der Waals surface area contributed by atoms with Crippen molar-refractivity contribution in [2.75, 3.05) is 57.4 Å². The lowest BCUT2D eigenvalue weighted by Crippen LogP contribution is -2.36. The summed E-state index contributed by atoms with van der Waals surface area (Å²) < 4.78 is 6.97. The maximum atomic E-state index is 12.8. The zero-order chi connectivity index (χ0) is 21.4. The van der Waals surface area contributed by atoms with Crippen molar-refractivity contribution in [2.45, 2.75) is 33.2 Å². The molecule has 1 unspecified atom stereocenters. The summed E-state index contributed by atoms with van der Waals surface area (Å²) in [4.78, 5) is 19.8. The van der Waals surface area contributed by atoms with E-state index in [1.165, 1.54) is 27.9 Å². The molecule has 1 aromatic heterocycles. The number of ether oxygens (including phenoxy) is 1. The average molecular weight is 424 g/mol. The second-order valence-electron chi connectivity index (χ2n) is 9.59. The van der Waals surface area contributed by atoms with Crippen LogP contribution in [0.1, 0.15) is 29.5 Å². The molecule has 0 aliphatic carbocycles. The van der Waals surface area contributed by atoms with E-state index in [0.29, 0.717) is 0 Å². The van der Waals surface area contributed by atoms with Crippen LogP contribution in [0.2, 0.25) is 0 Å². The highest BCUT2D eigenvalue weighted by molar-refractivity contribution is 5.76. The van der Waals surface area contributed by atoms with Crippen LogP contribution < -0.4 is 4.90 Å². The number of anilines is 1. The molecule has 1 amide bonds. The quantitative estimate of drug-likeness (QED) is 0.760. The van der Waals surface area contributed by atoms with E-state index in [9.17, 15) is 4.79 Å². The smallest absolute Gasteiger partial charge is 0.344 e. The Morgan fingerprint density at radius 2 is 1.90 bits per heavy atom. The van der Waals surface area contributed by atoms with Gasteiger partial charge in [-0.25, -0.2) is 4.79 Å². The fourth-order valence-corrected chi connectivity index (χ4v) is 5.37. The van der Waals surface area contributed by atoms with E-state index in [1.807, 2.05) is 18.0 Å². The first-order valence-corrected chi connectivity index (χ1v) is 11.5. The molecule has 3 saturated heterocycles. The fraction of sp³-hybridized carbons (Fsp3) is 0.583. The van der Waals surface area contributed by atoms with Crippen LogP contribution in [0.4, 0.5) is 10.5 Å². The molecule has 5 rings (SSSR count). The number of aromatic nitrogens is 2. The van der Waals surface area contributed by atoms with E-state index in [0.717, 1.165) is 71.0 Å². The molecule has 1 aromatic carbocycles. The van der Waals surface area contributed by atoms with Crippen molar-refractivity contribution >= 4 is 11.7 Å². The van der Waals surface area contributed by atoms with Gasteiger partial charge >= 0.3 is 6.03 Å². The molecule has 0 N–H and O–H groups in total. The van der Waals surface area contributed by atoms with Crippen LogP contribution >= 0.6 is 0 Å². The molecule has 1 atom stereocenters. The summed E-state index contributed by atoms with van der Waals surface area (Å²) >= 11 is 0. The van der Waals surface area contributed by atoms with Gasteiger partial charge in [-0.1, -0.05) is 6.07 Å². The predicted molar refractivity (Wildman–Crippen MR) is 120 cm³/mol. The van der Waals surface area contributed by atoms with Crippen molar-refractivity contribution in [1.82, 2.24) is 19.6 Å². The number of rotatable bonds is 3. The van der Waals surface area contributed by atoms with Gasteiger partial charge < -0.3 is 14.5 Å². The second kappa shape index (κ2) is 8.28. The molecular weight excluding hydrogens is 390 g/mol. The molecule has 0 bridgehead atoms. The molecule has 0 saturated carbocycles. The Balaban J connectivity index is 1.20. The highest BCUT2D eigenvalue weighted by atomic mass is 16.5. The van der Waals surface area contributed by atoms with Crippen LogP contribution in [-0.2, 0) is 11.3 Å². The maximum Gasteiger partial charge on any atom is 0.344 e. The summed E-state index contributed by atoms with van der Waals surface area (Å²) in [6.07, 6.45) is 5.82. The molecule has 4 heterocycles. The number of hydrogen-bond acceptors (Lipinski definition) is 5. The first-order chi connectivity index (χ1) is 15.0. The Bertz CT molecular complexity index is 951. The average Bonchev–Trinajstić information content (AvgIpc) is 3.51. The van der Waals surface area contributed by atoms with Gasteiger partial charge in [0, 0.05) is 56.6 Å². The topological polar surface area (TPSA) is 53.8 Å². The minimum atomic E-state index is 0.0120. The summed E-state index contributed by atoms with van der Waals surface area (Å²) in [5, 5.41) is 4.20. The third-order valence-electron chi connectivity index (χ3n) is 7.23. The normalized spacial score (nSPS) is 24.5. The molecular formula is C24H33N5O2. The number of likely N-dealkylation sites (tertiary alicyclic amines) is 2. The van der Waals surface area contributed by atoms with Crippen molar-refractivity contribution in [3.63, 3.8) is 0 Å². The number of benzene rings is 1. The Labute approximate surface area is 184 Å². The monoisotopic (exact) mass is 423 g/mol. The minimum absolute atomic E-state index is 0.0120. The number of nitrogens with zero attached hydrogens (tertiary/aromatic N) is 5. The Morgan fingerprint density at radius 1 is 1.10 bits per heavy atom. The molecule has 3 fully saturated rings. The van der Waals surface area contributed by atoms with Crippen LogP contribution in [0.15, 0.2) is 30.6 Å². The highest BCUT2D eigenvalue weighted by Crippen LogP contribution is 2.40. The van der Waals surface area contributed by atoms with Crippen LogP contribution in [0.25, 0.3) is 0 Å². The molecule has 3 aliphatic rings. The second-order valence-corrected chi connectivity index (χ2v) is 9.59. The SMILES string of the molecule is Cc1cnn(C(=O)N2CCC3(CCN(Cc4ccc(N5CCOCC5)cc4C)C3)C2)c1. The zero-order valence-corrected chi connectivity index (χ0v) is 18.7. The molecule has 7 nitrogen and oxygen atoms in total. The lowest BCUT2D eigenvalue weighted by Gasteiger charge is -2.29. The number of carbonyl (C=O) groups excluding carboxylic acids is 1. The molecule has 1 spiro atoms. The van der Waals surface area contributed by atoms with Gasteiger partial charge in [-0.3, -0.25) is 4.90 Å². The van der Waals surface area contributed by atoms with Crippen molar-refractivity contribution in [1.29, 1.82) is 0 Å². The molecule has 31 heavy (non-hydrogen) atoms. The van der Waals surface area contributed by atoms with Crippen molar-refractivity contribution < 1.29 is 9.53 Å². The van der Waals surface area contributed by atoms with Gasteiger partial charge in [-0.2, -0.15) is 9.78 Å². The molecule has 7 heteroatoms. The van der Waals surface area contributed by atoms with Crippen molar-refractivity contribution in [2.24, 2.45) is 5.41 Å². The fourth-order valence-electron chi connectivity index (χ4n) is 5.37. The Hall–Kier alpha value is -2.38. The Morgan fingerprint density at radius 3 is 2.65 bits per heavy atom. The number of carbonyl (C=O) groups is 1. The highest BCUT2D eigenvalue weighted by Gasteiger charge is 2.45. The van der Waals surface area contributed by atoms with Gasteiger partial charge in [0.05, 0.1) is 19.4 Å². The number of amides is 1. The summed E-state index contributed by atoms with van der Waals surface area (Å²) in [5.41, 5.74) is 5.33.